The molecule has 3 rings (SSSR count). The molecule has 172 valence electrons. The van der Waals surface area contributed by atoms with Gasteiger partial charge in [0.25, 0.3) is 5.91 Å². The Bertz CT molecular complexity index is 1300. The molecule has 0 aliphatic rings. The van der Waals surface area contributed by atoms with Crippen molar-refractivity contribution in [3.8, 4) is 11.4 Å². The first kappa shape index (κ1) is 23.8. The van der Waals surface area contributed by atoms with Crippen LogP contribution in [-0.4, -0.2) is 40.7 Å². The van der Waals surface area contributed by atoms with E-state index in [9.17, 15) is 18.0 Å². The van der Waals surface area contributed by atoms with Gasteiger partial charge in [-0.1, -0.05) is 0 Å². The second-order valence-electron chi connectivity index (χ2n) is 7.15. The number of benzene rings is 1. The van der Waals surface area contributed by atoms with Crippen molar-refractivity contribution in [2.45, 2.75) is 20.0 Å². The molecule has 1 amide bonds. The Kier molecular flexibility index (Phi) is 6.43. The molecule has 11 heteroatoms. The molecule has 0 atom stereocenters. The van der Waals surface area contributed by atoms with Gasteiger partial charge in [-0.25, -0.2) is 19.3 Å². The van der Waals surface area contributed by atoms with E-state index in [0.29, 0.717) is 5.69 Å². The molecule has 0 saturated heterocycles. The van der Waals surface area contributed by atoms with Gasteiger partial charge in [0.15, 0.2) is 5.82 Å². The molecule has 0 fully saturated rings. The first-order chi connectivity index (χ1) is 15.5. The first-order valence-electron chi connectivity index (χ1n) is 9.63. The highest BCUT2D eigenvalue weighted by Gasteiger charge is 2.33. The van der Waals surface area contributed by atoms with Gasteiger partial charge in [-0.3, -0.25) is 9.79 Å². The maximum absolute atomic E-state index is 15.3. The number of aromatic nitrogens is 3. The van der Waals surface area contributed by atoms with Crippen LogP contribution in [0.5, 0.6) is 0 Å². The average molecular weight is 460 g/mol. The Morgan fingerprint density at radius 3 is 2.52 bits per heavy atom. The van der Waals surface area contributed by atoms with E-state index >= 15 is 4.39 Å². The number of aryl methyl sites for hydroxylation is 1. The second-order valence-corrected chi connectivity index (χ2v) is 7.15. The molecule has 0 aliphatic carbocycles. The van der Waals surface area contributed by atoms with Gasteiger partial charge in [-0.2, -0.15) is 13.2 Å². The minimum absolute atomic E-state index is 0.0184. The van der Waals surface area contributed by atoms with Crippen LogP contribution in [0.25, 0.3) is 22.4 Å². The summed E-state index contributed by atoms with van der Waals surface area (Å²) in [7, 11) is 2.91. The molecular formula is C22H20F4N6O. The van der Waals surface area contributed by atoms with E-state index < -0.39 is 23.6 Å². The Morgan fingerprint density at radius 1 is 1.21 bits per heavy atom. The molecule has 0 saturated carbocycles. The second kappa shape index (κ2) is 8.93. The smallest absolute Gasteiger partial charge is 0.405 e. The van der Waals surface area contributed by atoms with E-state index in [1.54, 1.807) is 0 Å². The van der Waals surface area contributed by atoms with Crippen LogP contribution < -0.4 is 10.6 Å². The lowest BCUT2D eigenvalue weighted by Gasteiger charge is -2.20. The van der Waals surface area contributed by atoms with E-state index in [1.165, 1.54) is 57.3 Å². The number of rotatable bonds is 4. The van der Waals surface area contributed by atoms with Crippen molar-refractivity contribution in [1.29, 1.82) is 0 Å². The highest BCUT2D eigenvalue weighted by Crippen LogP contribution is 2.32. The molecule has 7 nitrogen and oxygen atoms in total. The Hall–Kier alpha value is -3.89. The van der Waals surface area contributed by atoms with Gasteiger partial charge < -0.3 is 10.6 Å². The van der Waals surface area contributed by atoms with Crippen molar-refractivity contribution < 1.29 is 22.4 Å². The van der Waals surface area contributed by atoms with Crippen LogP contribution in [0.15, 0.2) is 41.7 Å². The SMILES string of the molecule is CN=C(C=CN)C(=O)N(C)c1ccc(-c2ncc3nc(C(F)(F)F)cc(C)c3n2)c(F)c1C. The van der Waals surface area contributed by atoms with Crippen molar-refractivity contribution in [2.75, 3.05) is 19.0 Å². The maximum atomic E-state index is 15.3. The van der Waals surface area contributed by atoms with Crippen LogP contribution >= 0.6 is 0 Å². The number of carbonyl (C=O) groups is 1. The van der Waals surface area contributed by atoms with Crippen LogP contribution in [0, 0.1) is 19.7 Å². The van der Waals surface area contributed by atoms with E-state index in [0.717, 1.165) is 12.3 Å². The molecule has 0 aliphatic heterocycles. The van der Waals surface area contributed by atoms with Crippen LogP contribution in [-0.2, 0) is 11.0 Å². The van der Waals surface area contributed by atoms with Gasteiger partial charge in [-0.05, 0) is 49.9 Å². The Labute approximate surface area is 186 Å². The minimum Gasteiger partial charge on any atom is -0.405 e. The third-order valence-corrected chi connectivity index (χ3v) is 5.01. The number of aliphatic imine (C=N–C) groups is 1. The molecule has 0 spiro atoms. The monoisotopic (exact) mass is 460 g/mol. The molecule has 33 heavy (non-hydrogen) atoms. The zero-order valence-corrected chi connectivity index (χ0v) is 18.2. The maximum Gasteiger partial charge on any atom is 0.433 e. The van der Waals surface area contributed by atoms with Gasteiger partial charge in [0.2, 0.25) is 0 Å². The summed E-state index contributed by atoms with van der Waals surface area (Å²) in [5.41, 5.74) is 5.20. The summed E-state index contributed by atoms with van der Waals surface area (Å²) in [6.07, 6.45) is -0.970. The number of alkyl halides is 3. The van der Waals surface area contributed by atoms with E-state index in [1.807, 2.05) is 0 Å². The molecule has 2 heterocycles. The zero-order chi connectivity index (χ0) is 24.5. The lowest BCUT2D eigenvalue weighted by molar-refractivity contribution is -0.141. The minimum atomic E-state index is -4.61. The Morgan fingerprint density at radius 2 is 1.91 bits per heavy atom. The lowest BCUT2D eigenvalue weighted by atomic mass is 10.1. The summed E-state index contributed by atoms with van der Waals surface area (Å²) >= 11 is 0. The van der Waals surface area contributed by atoms with Gasteiger partial charge >= 0.3 is 6.18 Å². The highest BCUT2D eigenvalue weighted by molar-refractivity contribution is 6.47. The third-order valence-electron chi connectivity index (χ3n) is 5.01. The predicted molar refractivity (Wildman–Crippen MR) is 117 cm³/mol. The fraction of sp³-hybridized carbons (Fsp3) is 0.227. The fourth-order valence-electron chi connectivity index (χ4n) is 3.28. The third kappa shape index (κ3) is 4.52. The van der Waals surface area contributed by atoms with Crippen molar-refractivity contribution in [1.82, 2.24) is 15.0 Å². The number of anilines is 1. The molecule has 1 aromatic carbocycles. The Balaban J connectivity index is 2.05. The number of carbonyl (C=O) groups excluding carboxylic acids is 1. The van der Waals surface area contributed by atoms with Crippen LogP contribution in [0.3, 0.4) is 0 Å². The number of amides is 1. The number of hydrogen-bond donors (Lipinski definition) is 1. The molecule has 0 unspecified atom stereocenters. The van der Waals surface area contributed by atoms with Gasteiger partial charge in [0.05, 0.1) is 17.3 Å². The summed E-state index contributed by atoms with van der Waals surface area (Å²) in [6, 6.07) is 3.81. The number of halogens is 4. The van der Waals surface area contributed by atoms with Crippen molar-refractivity contribution in [2.24, 2.45) is 10.7 Å². The van der Waals surface area contributed by atoms with Gasteiger partial charge in [0, 0.05) is 25.3 Å². The molecule has 3 aromatic rings. The summed E-state index contributed by atoms with van der Waals surface area (Å²) < 4.78 is 54.3. The predicted octanol–water partition coefficient (Wildman–Crippen LogP) is 3.97. The standard InChI is InChI=1S/C22H20F4N6O/c1-11-9-17(22(24,25)26)30-15-10-29-20(31-19(11)15)13-5-6-16(12(2)18(13)23)32(4)21(33)14(28-3)7-8-27/h5-10H,27H2,1-4H3. The average Bonchev–Trinajstić information content (AvgIpc) is 2.77. The van der Waals surface area contributed by atoms with Gasteiger partial charge in [0.1, 0.15) is 22.7 Å². The quantitative estimate of drug-likeness (QED) is 0.469. The number of hydrogen-bond acceptors (Lipinski definition) is 6. The van der Waals surface area contributed by atoms with Crippen molar-refractivity contribution in [3.05, 3.63) is 59.3 Å². The topological polar surface area (TPSA) is 97.4 Å². The normalized spacial score (nSPS) is 12.5. The summed E-state index contributed by atoms with van der Waals surface area (Å²) in [4.78, 5) is 29.5. The molecular weight excluding hydrogens is 440 g/mol. The van der Waals surface area contributed by atoms with E-state index in [-0.39, 0.29) is 39.3 Å². The largest absolute Gasteiger partial charge is 0.433 e. The van der Waals surface area contributed by atoms with Crippen LogP contribution in [0.2, 0.25) is 0 Å². The number of nitrogens with two attached hydrogens (primary N) is 1. The molecule has 0 radical (unpaired) electrons. The fourth-order valence-corrected chi connectivity index (χ4v) is 3.28. The van der Waals surface area contributed by atoms with Crippen molar-refractivity contribution >= 4 is 28.3 Å². The summed E-state index contributed by atoms with van der Waals surface area (Å²) in [5, 5.41) is 0. The molecule has 0 bridgehead atoms. The van der Waals surface area contributed by atoms with Crippen LogP contribution in [0.1, 0.15) is 16.8 Å². The van der Waals surface area contributed by atoms with Crippen molar-refractivity contribution in [3.63, 3.8) is 0 Å². The van der Waals surface area contributed by atoms with E-state index in [2.05, 4.69) is 19.9 Å². The van der Waals surface area contributed by atoms with Gasteiger partial charge in [-0.15, -0.1) is 0 Å². The number of fused-ring (bicyclic) bond motifs is 1. The van der Waals surface area contributed by atoms with E-state index in [4.69, 9.17) is 5.73 Å². The lowest BCUT2D eigenvalue weighted by Crippen LogP contribution is -2.33. The summed E-state index contributed by atoms with van der Waals surface area (Å²) in [6.45, 7) is 2.95. The van der Waals surface area contributed by atoms with Crippen LogP contribution in [0.4, 0.5) is 23.2 Å². The number of pyridine rings is 1. The highest BCUT2D eigenvalue weighted by atomic mass is 19.4. The number of nitrogens with zero attached hydrogens (tertiary/aromatic N) is 5. The molecule has 2 aromatic heterocycles. The zero-order valence-electron chi connectivity index (χ0n) is 18.2. The first-order valence-corrected chi connectivity index (χ1v) is 9.63. The summed E-state index contributed by atoms with van der Waals surface area (Å²) in [5.74, 6) is -1.18. The molecule has 2 N–H and O–H groups in total.